The van der Waals surface area contributed by atoms with E-state index in [1.807, 2.05) is 6.92 Å². The number of hydrogen-bond acceptors (Lipinski definition) is 3. The average Bonchev–Trinajstić information content (AvgIpc) is 2.46. The Labute approximate surface area is 76.9 Å². The first-order valence-corrected chi connectivity index (χ1v) is 4.16. The van der Waals surface area contributed by atoms with Crippen molar-refractivity contribution in [3.63, 3.8) is 0 Å². The van der Waals surface area contributed by atoms with E-state index >= 15 is 0 Å². The molecule has 1 aromatic heterocycles. The van der Waals surface area contributed by atoms with Crippen LogP contribution in [0.5, 0.6) is 0 Å². The molecule has 5 heteroatoms. The molecule has 0 radical (unpaired) electrons. The maximum atomic E-state index is 11.0. The standard InChI is InChI=1S/C8H14N4O/c1-3-10-7(8(9)13)6-4-11-12(2)5-6/h4-5,7,10H,3H2,1-2H3,(H2,9,13). The van der Waals surface area contributed by atoms with Gasteiger partial charge in [0.15, 0.2) is 0 Å². The van der Waals surface area contributed by atoms with E-state index in [1.54, 1.807) is 24.1 Å². The maximum Gasteiger partial charge on any atom is 0.239 e. The minimum atomic E-state index is -0.432. The van der Waals surface area contributed by atoms with Crippen molar-refractivity contribution in [1.29, 1.82) is 0 Å². The normalized spacial score (nSPS) is 12.8. The highest BCUT2D eigenvalue weighted by Gasteiger charge is 2.17. The summed E-state index contributed by atoms with van der Waals surface area (Å²) >= 11 is 0. The summed E-state index contributed by atoms with van der Waals surface area (Å²) in [7, 11) is 1.80. The highest BCUT2D eigenvalue weighted by atomic mass is 16.1. The fourth-order valence-electron chi connectivity index (χ4n) is 1.18. The van der Waals surface area contributed by atoms with E-state index in [2.05, 4.69) is 10.4 Å². The first-order valence-electron chi connectivity index (χ1n) is 4.16. The fourth-order valence-corrected chi connectivity index (χ4v) is 1.18. The summed E-state index contributed by atoms with van der Waals surface area (Å²) in [4.78, 5) is 11.0. The van der Waals surface area contributed by atoms with Gasteiger partial charge in [-0.15, -0.1) is 0 Å². The van der Waals surface area contributed by atoms with Crippen molar-refractivity contribution >= 4 is 5.91 Å². The highest BCUT2D eigenvalue weighted by molar-refractivity contribution is 5.81. The molecule has 1 atom stereocenters. The third-order valence-corrected chi connectivity index (χ3v) is 1.75. The smallest absolute Gasteiger partial charge is 0.239 e. The third-order valence-electron chi connectivity index (χ3n) is 1.75. The zero-order chi connectivity index (χ0) is 9.84. The topological polar surface area (TPSA) is 72.9 Å². The second kappa shape index (κ2) is 4.04. The lowest BCUT2D eigenvalue weighted by atomic mass is 10.1. The van der Waals surface area contributed by atoms with E-state index in [1.165, 1.54) is 0 Å². The number of primary amides is 1. The second-order valence-corrected chi connectivity index (χ2v) is 2.84. The molecule has 1 unspecified atom stereocenters. The van der Waals surface area contributed by atoms with Crippen molar-refractivity contribution in [3.05, 3.63) is 18.0 Å². The molecule has 0 saturated carbocycles. The molecule has 0 aromatic carbocycles. The number of nitrogens with one attached hydrogen (secondary N) is 1. The van der Waals surface area contributed by atoms with Gasteiger partial charge in [0.1, 0.15) is 6.04 Å². The maximum absolute atomic E-state index is 11.0. The van der Waals surface area contributed by atoms with Gasteiger partial charge >= 0.3 is 0 Å². The lowest BCUT2D eigenvalue weighted by Crippen LogP contribution is -2.33. The molecule has 0 fully saturated rings. The van der Waals surface area contributed by atoms with Crippen molar-refractivity contribution in [3.8, 4) is 0 Å². The molecule has 0 aliphatic carbocycles. The van der Waals surface area contributed by atoms with Crippen LogP contribution in [0.3, 0.4) is 0 Å². The molecular formula is C8H14N4O. The van der Waals surface area contributed by atoms with Crippen LogP contribution in [-0.2, 0) is 11.8 Å². The van der Waals surface area contributed by atoms with Gasteiger partial charge in [-0.05, 0) is 6.54 Å². The van der Waals surface area contributed by atoms with Crippen LogP contribution in [0.15, 0.2) is 12.4 Å². The number of amides is 1. The molecule has 0 aliphatic rings. The van der Waals surface area contributed by atoms with Crippen molar-refractivity contribution in [2.75, 3.05) is 6.54 Å². The minimum Gasteiger partial charge on any atom is -0.368 e. The predicted molar refractivity (Wildman–Crippen MR) is 48.8 cm³/mol. The summed E-state index contributed by atoms with van der Waals surface area (Å²) in [5.41, 5.74) is 6.03. The molecule has 3 N–H and O–H groups in total. The third kappa shape index (κ3) is 2.29. The van der Waals surface area contributed by atoms with E-state index < -0.39 is 6.04 Å². The summed E-state index contributed by atoms with van der Waals surface area (Å²) in [5.74, 6) is -0.380. The number of rotatable bonds is 4. The van der Waals surface area contributed by atoms with Gasteiger partial charge in [-0.25, -0.2) is 0 Å². The Kier molecular flexibility index (Phi) is 3.02. The molecule has 1 aromatic rings. The number of aromatic nitrogens is 2. The van der Waals surface area contributed by atoms with Gasteiger partial charge in [0.25, 0.3) is 0 Å². The fraction of sp³-hybridized carbons (Fsp3) is 0.500. The number of carbonyl (C=O) groups excluding carboxylic acids is 1. The first kappa shape index (κ1) is 9.73. The quantitative estimate of drug-likeness (QED) is 0.662. The Hall–Kier alpha value is -1.36. The van der Waals surface area contributed by atoms with Crippen LogP contribution in [0.25, 0.3) is 0 Å². The number of nitrogens with two attached hydrogens (primary N) is 1. The van der Waals surface area contributed by atoms with Gasteiger partial charge in [-0.1, -0.05) is 6.92 Å². The predicted octanol–water partition coefficient (Wildman–Crippen LogP) is -0.444. The Morgan fingerprint density at radius 1 is 1.85 bits per heavy atom. The summed E-state index contributed by atoms with van der Waals surface area (Å²) in [6.45, 7) is 2.62. The second-order valence-electron chi connectivity index (χ2n) is 2.84. The zero-order valence-electron chi connectivity index (χ0n) is 7.82. The van der Waals surface area contributed by atoms with Crippen LogP contribution in [0, 0.1) is 0 Å². The van der Waals surface area contributed by atoms with Crippen molar-refractivity contribution < 1.29 is 4.79 Å². The number of nitrogens with zero attached hydrogens (tertiary/aromatic N) is 2. The Bertz CT molecular complexity index is 294. The molecular weight excluding hydrogens is 168 g/mol. The summed E-state index contributed by atoms with van der Waals surface area (Å²) in [5, 5.41) is 6.95. The molecule has 1 heterocycles. The van der Waals surface area contributed by atoms with Crippen molar-refractivity contribution in [1.82, 2.24) is 15.1 Å². The van der Waals surface area contributed by atoms with Crippen LogP contribution in [-0.4, -0.2) is 22.2 Å². The van der Waals surface area contributed by atoms with E-state index in [-0.39, 0.29) is 5.91 Å². The monoisotopic (exact) mass is 182 g/mol. The van der Waals surface area contributed by atoms with E-state index in [9.17, 15) is 4.79 Å². The van der Waals surface area contributed by atoms with Crippen LogP contribution < -0.4 is 11.1 Å². The van der Waals surface area contributed by atoms with Crippen LogP contribution >= 0.6 is 0 Å². The molecule has 1 rings (SSSR count). The van der Waals surface area contributed by atoms with E-state index in [4.69, 9.17) is 5.73 Å². The highest BCUT2D eigenvalue weighted by Crippen LogP contribution is 2.10. The molecule has 5 nitrogen and oxygen atoms in total. The molecule has 0 spiro atoms. The average molecular weight is 182 g/mol. The number of aryl methyl sites for hydroxylation is 1. The lowest BCUT2D eigenvalue weighted by Gasteiger charge is -2.11. The van der Waals surface area contributed by atoms with Crippen molar-refractivity contribution in [2.45, 2.75) is 13.0 Å². The first-order chi connectivity index (χ1) is 6.15. The van der Waals surface area contributed by atoms with Crippen molar-refractivity contribution in [2.24, 2.45) is 12.8 Å². The number of carbonyl (C=O) groups is 1. The number of likely N-dealkylation sites (N-methyl/N-ethyl adjacent to an activating group) is 1. The molecule has 1 amide bonds. The van der Waals surface area contributed by atoms with Gasteiger partial charge in [-0.3, -0.25) is 9.48 Å². The lowest BCUT2D eigenvalue weighted by molar-refractivity contribution is -0.120. The van der Waals surface area contributed by atoms with E-state index in [0.717, 1.165) is 5.56 Å². The van der Waals surface area contributed by atoms with Gasteiger partial charge in [0.2, 0.25) is 5.91 Å². The molecule has 0 bridgehead atoms. The van der Waals surface area contributed by atoms with Crippen LogP contribution in [0.2, 0.25) is 0 Å². The van der Waals surface area contributed by atoms with E-state index in [0.29, 0.717) is 6.54 Å². The Morgan fingerprint density at radius 2 is 2.54 bits per heavy atom. The molecule has 0 saturated heterocycles. The minimum absolute atomic E-state index is 0.380. The SMILES string of the molecule is CCNC(C(N)=O)c1cnn(C)c1. The largest absolute Gasteiger partial charge is 0.368 e. The Morgan fingerprint density at radius 3 is 2.92 bits per heavy atom. The summed E-state index contributed by atoms with van der Waals surface area (Å²) in [6, 6.07) is -0.432. The molecule has 13 heavy (non-hydrogen) atoms. The molecule has 72 valence electrons. The van der Waals surface area contributed by atoms with Gasteiger partial charge in [0.05, 0.1) is 6.20 Å². The number of hydrogen-bond donors (Lipinski definition) is 2. The van der Waals surface area contributed by atoms with Gasteiger partial charge in [0, 0.05) is 18.8 Å². The summed E-state index contributed by atoms with van der Waals surface area (Å²) < 4.78 is 1.64. The summed E-state index contributed by atoms with van der Waals surface area (Å²) in [6.07, 6.45) is 3.41. The molecule has 0 aliphatic heterocycles. The van der Waals surface area contributed by atoms with Gasteiger partial charge in [-0.2, -0.15) is 5.10 Å². The van der Waals surface area contributed by atoms with Crippen LogP contribution in [0.1, 0.15) is 18.5 Å². The zero-order valence-corrected chi connectivity index (χ0v) is 7.82. The van der Waals surface area contributed by atoms with Gasteiger partial charge < -0.3 is 11.1 Å². The Balaban J connectivity index is 2.81. The van der Waals surface area contributed by atoms with Crippen LogP contribution in [0.4, 0.5) is 0 Å².